The lowest BCUT2D eigenvalue weighted by molar-refractivity contribution is -0.137. The van der Waals surface area contributed by atoms with Crippen LogP contribution < -0.4 is 5.32 Å². The van der Waals surface area contributed by atoms with E-state index in [0.29, 0.717) is 33.4 Å². The number of hydrogen-bond donors (Lipinski definition) is 2. The number of rotatable bonds is 1. The molecule has 0 saturated heterocycles. The summed E-state index contributed by atoms with van der Waals surface area (Å²) >= 11 is 0. The number of nitrogens with one attached hydrogen (secondary N) is 2. The van der Waals surface area contributed by atoms with E-state index in [9.17, 15) is 18.0 Å². The largest absolute Gasteiger partial charge is 0.416 e. The number of H-pyrrole nitrogens is 1. The van der Waals surface area contributed by atoms with Crippen molar-refractivity contribution in [1.82, 2.24) is 10.3 Å². The van der Waals surface area contributed by atoms with E-state index >= 15 is 0 Å². The molecule has 0 saturated carbocycles. The van der Waals surface area contributed by atoms with E-state index in [1.165, 1.54) is 6.07 Å². The van der Waals surface area contributed by atoms with Crippen molar-refractivity contribution in [2.75, 3.05) is 0 Å². The molecule has 2 N–H and O–H groups in total. The van der Waals surface area contributed by atoms with Gasteiger partial charge in [-0.25, -0.2) is 0 Å². The number of fused-ring (bicyclic) bond motifs is 3. The molecule has 138 valence electrons. The summed E-state index contributed by atoms with van der Waals surface area (Å²) in [4.78, 5) is 15.2. The second-order valence-corrected chi connectivity index (χ2v) is 5.84. The summed E-state index contributed by atoms with van der Waals surface area (Å²) in [6, 6.07) is 3.48. The van der Waals surface area contributed by atoms with Crippen molar-refractivity contribution in [1.29, 1.82) is 0 Å². The van der Waals surface area contributed by atoms with Crippen molar-refractivity contribution < 1.29 is 18.0 Å². The van der Waals surface area contributed by atoms with Crippen molar-refractivity contribution in [3.63, 3.8) is 0 Å². The average Bonchev–Trinajstić information content (AvgIpc) is 2.85. The SMILES string of the molecule is C=C(C)/C=C1\C(=C)NC(=O)Cc2c1[nH]c1ccc(C(F)(F)F)cc21.CC. The lowest BCUT2D eigenvalue weighted by Crippen LogP contribution is -2.21. The molecular weight excluding hydrogens is 341 g/mol. The van der Waals surface area contributed by atoms with Crippen molar-refractivity contribution in [2.45, 2.75) is 33.4 Å². The van der Waals surface area contributed by atoms with E-state index in [4.69, 9.17) is 0 Å². The molecule has 1 amide bonds. The minimum Gasteiger partial charge on any atom is -0.354 e. The molecule has 26 heavy (non-hydrogen) atoms. The molecule has 1 aliphatic rings. The van der Waals surface area contributed by atoms with Gasteiger partial charge in [0.15, 0.2) is 0 Å². The quantitative estimate of drug-likeness (QED) is 0.705. The van der Waals surface area contributed by atoms with E-state index in [-0.39, 0.29) is 12.3 Å². The maximum atomic E-state index is 13.0. The average molecular weight is 362 g/mol. The fourth-order valence-electron chi connectivity index (χ4n) is 2.83. The molecule has 1 aromatic heterocycles. The first-order valence-electron chi connectivity index (χ1n) is 8.25. The molecule has 0 radical (unpaired) electrons. The maximum Gasteiger partial charge on any atom is 0.416 e. The molecule has 3 nitrogen and oxygen atoms in total. The number of alkyl halides is 3. The van der Waals surface area contributed by atoms with Crippen LogP contribution in [0.4, 0.5) is 13.2 Å². The molecule has 0 atom stereocenters. The summed E-state index contributed by atoms with van der Waals surface area (Å²) in [6.45, 7) is 13.4. The molecule has 2 heterocycles. The van der Waals surface area contributed by atoms with Gasteiger partial charge in [-0.3, -0.25) is 4.79 Å². The van der Waals surface area contributed by atoms with Crippen LogP contribution in [-0.2, 0) is 17.4 Å². The van der Waals surface area contributed by atoms with Crippen LogP contribution in [0.1, 0.15) is 37.6 Å². The monoisotopic (exact) mass is 362 g/mol. The van der Waals surface area contributed by atoms with Crippen molar-refractivity contribution in [2.24, 2.45) is 0 Å². The molecule has 6 heteroatoms. The Morgan fingerprint density at radius 3 is 2.50 bits per heavy atom. The van der Waals surface area contributed by atoms with Gasteiger partial charge in [-0.15, -0.1) is 0 Å². The van der Waals surface area contributed by atoms with E-state index in [0.717, 1.165) is 17.7 Å². The molecule has 0 aliphatic carbocycles. The highest BCUT2D eigenvalue weighted by atomic mass is 19.4. The predicted octanol–water partition coefficient (Wildman–Crippen LogP) is 5.36. The van der Waals surface area contributed by atoms with E-state index in [2.05, 4.69) is 23.5 Å². The van der Waals surface area contributed by atoms with Crippen LogP contribution >= 0.6 is 0 Å². The van der Waals surface area contributed by atoms with E-state index in [1.54, 1.807) is 13.0 Å². The molecule has 3 rings (SSSR count). The second-order valence-electron chi connectivity index (χ2n) is 5.84. The third-order valence-corrected chi connectivity index (χ3v) is 3.85. The fraction of sp³-hybridized carbons (Fsp3) is 0.250. The number of carbonyl (C=O) groups is 1. The Kier molecular flexibility index (Phi) is 5.44. The van der Waals surface area contributed by atoms with Crippen LogP contribution in [0.15, 0.2) is 48.7 Å². The van der Waals surface area contributed by atoms with Crippen molar-refractivity contribution in [3.05, 3.63) is 65.5 Å². The topological polar surface area (TPSA) is 44.9 Å². The third-order valence-electron chi connectivity index (χ3n) is 3.85. The van der Waals surface area contributed by atoms with Gasteiger partial charge < -0.3 is 10.3 Å². The number of aromatic amines is 1. The highest BCUT2D eigenvalue weighted by Gasteiger charge is 2.32. The lowest BCUT2D eigenvalue weighted by atomic mass is 10.0. The minimum atomic E-state index is -4.44. The van der Waals surface area contributed by atoms with Crippen molar-refractivity contribution >= 4 is 22.4 Å². The molecule has 0 spiro atoms. The third kappa shape index (κ3) is 3.74. The van der Waals surface area contributed by atoms with Gasteiger partial charge in [-0.1, -0.05) is 32.6 Å². The van der Waals surface area contributed by atoms with Gasteiger partial charge in [0.25, 0.3) is 0 Å². The normalized spacial score (nSPS) is 15.8. The lowest BCUT2D eigenvalue weighted by Gasteiger charge is -2.08. The number of hydrogen-bond acceptors (Lipinski definition) is 1. The summed E-state index contributed by atoms with van der Waals surface area (Å²) in [7, 11) is 0. The van der Waals surface area contributed by atoms with Crippen LogP contribution in [0.3, 0.4) is 0 Å². The summed E-state index contributed by atoms with van der Waals surface area (Å²) in [5.41, 5.74) is 2.67. The number of amides is 1. The van der Waals surface area contributed by atoms with Gasteiger partial charge >= 0.3 is 6.18 Å². The number of benzene rings is 1. The van der Waals surface area contributed by atoms with Gasteiger partial charge in [0.1, 0.15) is 0 Å². The highest BCUT2D eigenvalue weighted by Crippen LogP contribution is 2.37. The van der Waals surface area contributed by atoms with Crippen LogP contribution in [0.25, 0.3) is 16.5 Å². The van der Waals surface area contributed by atoms with Crippen LogP contribution in [0.2, 0.25) is 0 Å². The Bertz CT molecular complexity index is 917. The summed E-state index contributed by atoms with van der Waals surface area (Å²) < 4.78 is 39.0. The second kappa shape index (κ2) is 7.23. The number of aromatic nitrogens is 1. The first-order valence-corrected chi connectivity index (χ1v) is 8.25. The fourth-order valence-corrected chi connectivity index (χ4v) is 2.83. The summed E-state index contributed by atoms with van der Waals surface area (Å²) in [5, 5.41) is 3.04. The first kappa shape index (κ1) is 19.6. The van der Waals surface area contributed by atoms with Crippen LogP contribution in [-0.4, -0.2) is 10.9 Å². The molecule has 0 bridgehead atoms. The number of allylic oxidation sites excluding steroid dienone is 3. The summed E-state index contributed by atoms with van der Waals surface area (Å²) in [5.74, 6) is -0.315. The molecule has 2 aromatic rings. The zero-order valence-electron chi connectivity index (χ0n) is 15.0. The van der Waals surface area contributed by atoms with Crippen LogP contribution in [0.5, 0.6) is 0 Å². The molecule has 0 unspecified atom stereocenters. The van der Waals surface area contributed by atoms with Gasteiger partial charge in [-0.2, -0.15) is 13.2 Å². The first-order chi connectivity index (χ1) is 12.2. The number of halogens is 3. The van der Waals surface area contributed by atoms with Gasteiger partial charge in [0.05, 0.1) is 17.7 Å². The molecular formula is C20H21F3N2O. The molecule has 1 aromatic carbocycles. The van der Waals surface area contributed by atoms with Crippen molar-refractivity contribution in [3.8, 4) is 0 Å². The Morgan fingerprint density at radius 1 is 1.27 bits per heavy atom. The maximum absolute atomic E-state index is 13.0. The predicted molar refractivity (Wildman–Crippen MR) is 98.4 cm³/mol. The zero-order chi connectivity index (χ0) is 19.6. The molecule has 1 aliphatic heterocycles. The minimum absolute atomic E-state index is 0.0246. The van der Waals surface area contributed by atoms with Gasteiger partial charge in [0, 0.05) is 22.2 Å². The summed E-state index contributed by atoms with van der Waals surface area (Å²) in [6.07, 6.45) is -2.72. The number of carbonyl (C=O) groups excluding carboxylic acids is 1. The van der Waals surface area contributed by atoms with Gasteiger partial charge in [0.2, 0.25) is 5.91 Å². The van der Waals surface area contributed by atoms with Crippen LogP contribution in [0, 0.1) is 0 Å². The standard InChI is InChI=1S/C18H15F3N2O.C2H6/c1-9(2)6-12-10(3)22-16(24)8-14-13-7-11(18(19,20)21)4-5-15(13)23-17(12)14;1-2/h4-7,23H,1,3,8H2,2H3,(H,22,24);1-2H3/b12-6+;. The Labute approximate surface area is 150 Å². The van der Waals surface area contributed by atoms with Gasteiger partial charge in [-0.05, 0) is 36.8 Å². The zero-order valence-corrected chi connectivity index (χ0v) is 15.0. The smallest absolute Gasteiger partial charge is 0.354 e. The highest BCUT2D eigenvalue weighted by molar-refractivity contribution is 6.00. The Hall–Kier alpha value is -2.76. The van der Waals surface area contributed by atoms with E-state index in [1.807, 2.05) is 13.8 Å². The molecule has 0 fully saturated rings. The Balaban J connectivity index is 0.00000117. The Morgan fingerprint density at radius 2 is 1.92 bits per heavy atom. The van der Waals surface area contributed by atoms with E-state index < -0.39 is 11.7 Å².